The minimum Gasteiger partial charge on any atom is -0.497 e. The molecule has 128 valence electrons. The van der Waals surface area contributed by atoms with E-state index in [1.807, 2.05) is 43.3 Å². The van der Waals surface area contributed by atoms with Gasteiger partial charge in [0.05, 0.1) is 20.3 Å². The largest absolute Gasteiger partial charge is 0.497 e. The molecular formula is C18H22N2O4. The Kier molecular flexibility index (Phi) is 6.31. The van der Waals surface area contributed by atoms with Crippen molar-refractivity contribution in [1.29, 1.82) is 0 Å². The first kappa shape index (κ1) is 17.5. The first-order valence-corrected chi connectivity index (χ1v) is 7.59. The molecule has 0 spiro atoms. The molecule has 0 bridgehead atoms. The van der Waals surface area contributed by atoms with Crippen LogP contribution in [0.15, 0.2) is 48.5 Å². The van der Waals surface area contributed by atoms with Crippen LogP contribution in [-0.2, 0) is 0 Å². The van der Waals surface area contributed by atoms with Crippen LogP contribution in [0.3, 0.4) is 0 Å². The Morgan fingerprint density at radius 3 is 2.50 bits per heavy atom. The monoisotopic (exact) mass is 330 g/mol. The van der Waals surface area contributed by atoms with Crippen molar-refractivity contribution in [2.45, 2.75) is 13.0 Å². The average Bonchev–Trinajstić information content (AvgIpc) is 2.60. The van der Waals surface area contributed by atoms with Crippen LogP contribution in [-0.4, -0.2) is 32.9 Å². The lowest BCUT2D eigenvalue weighted by molar-refractivity contribution is 0.234. The second-order valence-electron chi connectivity index (χ2n) is 5.19. The van der Waals surface area contributed by atoms with Gasteiger partial charge in [0.25, 0.3) is 0 Å². The van der Waals surface area contributed by atoms with Gasteiger partial charge in [0.2, 0.25) is 0 Å². The van der Waals surface area contributed by atoms with Gasteiger partial charge in [-0.2, -0.15) is 0 Å². The topological polar surface area (TPSA) is 68.8 Å². The number of ether oxygens (including phenoxy) is 3. The lowest BCUT2D eigenvalue weighted by Crippen LogP contribution is -2.39. The van der Waals surface area contributed by atoms with Gasteiger partial charge >= 0.3 is 6.03 Å². The van der Waals surface area contributed by atoms with Gasteiger partial charge in [-0.3, -0.25) is 0 Å². The standard InChI is InChI=1S/C18H22N2O4/c1-13(12-24-17-10-5-4-9-16(17)23-3)19-18(21)20-14-7-6-8-15(11-14)22-2/h4-11,13H,12H2,1-3H3,(H2,19,20,21)/t13-/m0/s1. The molecule has 2 aromatic carbocycles. The number of para-hydroxylation sites is 2. The summed E-state index contributed by atoms with van der Waals surface area (Å²) in [5, 5.41) is 5.57. The van der Waals surface area contributed by atoms with Crippen LogP contribution in [0.2, 0.25) is 0 Å². The average molecular weight is 330 g/mol. The normalized spacial score (nSPS) is 11.3. The van der Waals surface area contributed by atoms with Crippen molar-refractivity contribution < 1.29 is 19.0 Å². The van der Waals surface area contributed by atoms with E-state index in [-0.39, 0.29) is 12.1 Å². The third-order valence-electron chi connectivity index (χ3n) is 3.26. The van der Waals surface area contributed by atoms with Gasteiger partial charge in [0.15, 0.2) is 11.5 Å². The maximum Gasteiger partial charge on any atom is 0.319 e. The Labute approximate surface area is 141 Å². The first-order valence-electron chi connectivity index (χ1n) is 7.59. The van der Waals surface area contributed by atoms with Crippen molar-refractivity contribution in [1.82, 2.24) is 5.32 Å². The number of hydrogen-bond acceptors (Lipinski definition) is 4. The molecule has 0 aromatic heterocycles. The number of benzene rings is 2. The van der Waals surface area contributed by atoms with Crippen LogP contribution in [0.4, 0.5) is 10.5 Å². The second kappa shape index (κ2) is 8.67. The highest BCUT2D eigenvalue weighted by molar-refractivity contribution is 5.89. The lowest BCUT2D eigenvalue weighted by atomic mass is 10.3. The molecule has 24 heavy (non-hydrogen) atoms. The predicted octanol–water partition coefficient (Wildman–Crippen LogP) is 3.29. The van der Waals surface area contributed by atoms with Crippen molar-refractivity contribution in [2.75, 3.05) is 26.1 Å². The van der Waals surface area contributed by atoms with Crippen molar-refractivity contribution in [3.05, 3.63) is 48.5 Å². The van der Waals surface area contributed by atoms with E-state index in [1.165, 1.54) is 0 Å². The summed E-state index contributed by atoms with van der Waals surface area (Å²) in [7, 11) is 3.17. The number of anilines is 1. The van der Waals surface area contributed by atoms with E-state index in [2.05, 4.69) is 10.6 Å². The first-order chi connectivity index (χ1) is 11.6. The van der Waals surface area contributed by atoms with Crippen LogP contribution in [0.25, 0.3) is 0 Å². The summed E-state index contributed by atoms with van der Waals surface area (Å²) in [5.74, 6) is 1.98. The predicted molar refractivity (Wildman–Crippen MR) is 93.1 cm³/mol. The number of amides is 2. The summed E-state index contributed by atoms with van der Waals surface area (Å²) < 4.78 is 16.0. The summed E-state index contributed by atoms with van der Waals surface area (Å²) in [4.78, 5) is 12.0. The molecule has 6 heteroatoms. The van der Waals surface area contributed by atoms with E-state index in [0.29, 0.717) is 29.5 Å². The Balaban J connectivity index is 1.83. The van der Waals surface area contributed by atoms with Crippen LogP contribution in [0, 0.1) is 0 Å². The third-order valence-corrected chi connectivity index (χ3v) is 3.26. The molecule has 2 N–H and O–H groups in total. The van der Waals surface area contributed by atoms with Gasteiger partial charge in [-0.15, -0.1) is 0 Å². The van der Waals surface area contributed by atoms with Crippen molar-refractivity contribution in [2.24, 2.45) is 0 Å². The second-order valence-corrected chi connectivity index (χ2v) is 5.19. The maximum atomic E-state index is 12.0. The number of methoxy groups -OCH3 is 2. The summed E-state index contributed by atoms with van der Waals surface area (Å²) >= 11 is 0. The van der Waals surface area contributed by atoms with E-state index in [1.54, 1.807) is 26.4 Å². The maximum absolute atomic E-state index is 12.0. The number of carbonyl (C=O) groups is 1. The molecule has 0 saturated heterocycles. The number of urea groups is 1. The molecule has 0 fully saturated rings. The molecule has 1 atom stereocenters. The molecule has 0 aliphatic heterocycles. The van der Waals surface area contributed by atoms with Crippen molar-refractivity contribution in [3.63, 3.8) is 0 Å². The third kappa shape index (κ3) is 5.08. The van der Waals surface area contributed by atoms with E-state index in [0.717, 1.165) is 0 Å². The van der Waals surface area contributed by atoms with Gasteiger partial charge in [0, 0.05) is 11.8 Å². The molecular weight excluding hydrogens is 308 g/mol. The minimum atomic E-state index is -0.306. The Morgan fingerprint density at radius 2 is 1.79 bits per heavy atom. The van der Waals surface area contributed by atoms with Crippen molar-refractivity contribution >= 4 is 11.7 Å². The van der Waals surface area contributed by atoms with Crippen LogP contribution in [0.5, 0.6) is 17.2 Å². The van der Waals surface area contributed by atoms with Gasteiger partial charge in [-0.25, -0.2) is 4.79 Å². The Hall–Kier alpha value is -2.89. The zero-order chi connectivity index (χ0) is 17.4. The molecule has 0 saturated carbocycles. The molecule has 0 aliphatic rings. The van der Waals surface area contributed by atoms with Crippen LogP contribution in [0.1, 0.15) is 6.92 Å². The lowest BCUT2D eigenvalue weighted by Gasteiger charge is -2.17. The van der Waals surface area contributed by atoms with Gasteiger partial charge < -0.3 is 24.8 Å². The van der Waals surface area contributed by atoms with Gasteiger partial charge in [0.1, 0.15) is 12.4 Å². The highest BCUT2D eigenvalue weighted by Gasteiger charge is 2.10. The van der Waals surface area contributed by atoms with Crippen LogP contribution < -0.4 is 24.8 Å². The molecule has 0 heterocycles. The fraction of sp³-hybridized carbons (Fsp3) is 0.278. The SMILES string of the molecule is COc1cccc(NC(=O)N[C@@H](C)COc2ccccc2OC)c1. The molecule has 2 rings (SSSR count). The van der Waals surface area contributed by atoms with E-state index in [4.69, 9.17) is 14.2 Å². The van der Waals surface area contributed by atoms with E-state index < -0.39 is 0 Å². The highest BCUT2D eigenvalue weighted by atomic mass is 16.5. The summed E-state index contributed by atoms with van der Waals surface area (Å²) in [6.07, 6.45) is 0. The van der Waals surface area contributed by atoms with Crippen molar-refractivity contribution in [3.8, 4) is 17.2 Å². The van der Waals surface area contributed by atoms with E-state index >= 15 is 0 Å². The molecule has 2 aromatic rings. The highest BCUT2D eigenvalue weighted by Crippen LogP contribution is 2.25. The summed E-state index contributed by atoms with van der Waals surface area (Å²) in [6, 6.07) is 14.0. The Morgan fingerprint density at radius 1 is 1.04 bits per heavy atom. The number of rotatable bonds is 7. The molecule has 6 nitrogen and oxygen atoms in total. The number of nitrogens with one attached hydrogen (secondary N) is 2. The fourth-order valence-electron chi connectivity index (χ4n) is 2.09. The van der Waals surface area contributed by atoms with Crippen LogP contribution >= 0.6 is 0 Å². The molecule has 0 unspecified atom stereocenters. The molecule has 0 aliphatic carbocycles. The minimum absolute atomic E-state index is 0.180. The molecule has 0 radical (unpaired) electrons. The van der Waals surface area contributed by atoms with Gasteiger partial charge in [-0.1, -0.05) is 18.2 Å². The molecule has 2 amide bonds. The zero-order valence-corrected chi connectivity index (χ0v) is 14.0. The summed E-state index contributed by atoms with van der Waals surface area (Å²) in [6.45, 7) is 2.19. The summed E-state index contributed by atoms with van der Waals surface area (Å²) in [5.41, 5.74) is 0.657. The number of carbonyl (C=O) groups excluding carboxylic acids is 1. The fourth-order valence-corrected chi connectivity index (χ4v) is 2.09. The Bertz CT molecular complexity index is 676. The quantitative estimate of drug-likeness (QED) is 0.817. The van der Waals surface area contributed by atoms with E-state index in [9.17, 15) is 4.79 Å². The zero-order valence-electron chi connectivity index (χ0n) is 14.0. The van der Waals surface area contributed by atoms with Gasteiger partial charge in [-0.05, 0) is 31.2 Å². The smallest absolute Gasteiger partial charge is 0.319 e. The number of hydrogen-bond donors (Lipinski definition) is 2.